The Morgan fingerprint density at radius 2 is 1.84 bits per heavy atom. The molecule has 1 aliphatic heterocycles. The summed E-state index contributed by atoms with van der Waals surface area (Å²) in [4.78, 5) is 20.6. The molecule has 31 heavy (non-hydrogen) atoms. The number of carbonyl (C=O) groups is 1. The average molecular weight is 420 g/mol. The van der Waals surface area contributed by atoms with Gasteiger partial charge in [-0.2, -0.15) is 5.10 Å². The number of amides is 1. The summed E-state index contributed by atoms with van der Waals surface area (Å²) in [5.74, 6) is 7.76. The van der Waals surface area contributed by atoms with E-state index in [0.717, 1.165) is 31.5 Å². The molecule has 1 saturated heterocycles. The van der Waals surface area contributed by atoms with Crippen molar-refractivity contribution >= 4 is 22.8 Å². The quantitative estimate of drug-likeness (QED) is 0.492. The van der Waals surface area contributed by atoms with Crippen LogP contribution in [0.3, 0.4) is 0 Å². The fourth-order valence-electron chi connectivity index (χ4n) is 3.05. The number of anilines is 1. The largest absolute Gasteiger partial charge is 0.497 e. The molecule has 0 radical (unpaired) electrons. The van der Waals surface area contributed by atoms with Gasteiger partial charge in [0.15, 0.2) is 5.65 Å². The molecule has 160 valence electrons. The van der Waals surface area contributed by atoms with Crippen LogP contribution in [0, 0.1) is 11.8 Å². The first-order chi connectivity index (χ1) is 15.0. The lowest BCUT2D eigenvalue weighted by molar-refractivity contribution is -0.124. The second-order valence-electron chi connectivity index (χ2n) is 6.64. The van der Waals surface area contributed by atoms with Crippen molar-refractivity contribution in [1.29, 1.82) is 0 Å². The Balaban J connectivity index is 0.000000254. The molecular weight excluding hydrogens is 396 g/mol. The van der Waals surface area contributed by atoms with Gasteiger partial charge in [0.2, 0.25) is 5.91 Å². The molecule has 4 rings (SSSR count). The Morgan fingerprint density at radius 3 is 2.45 bits per heavy atom. The number of ether oxygens (including phenoxy) is 2. The topological polar surface area (TPSA) is 119 Å². The van der Waals surface area contributed by atoms with E-state index in [-0.39, 0.29) is 5.91 Å². The molecular formula is C22H24N6O3. The van der Waals surface area contributed by atoms with Crippen LogP contribution in [0.2, 0.25) is 0 Å². The predicted molar refractivity (Wildman–Crippen MR) is 118 cm³/mol. The maximum atomic E-state index is 10.8. The van der Waals surface area contributed by atoms with Crippen LogP contribution in [-0.2, 0) is 4.79 Å². The molecule has 1 aliphatic rings. The third kappa shape index (κ3) is 5.30. The molecule has 1 aromatic carbocycles. The summed E-state index contributed by atoms with van der Waals surface area (Å²) >= 11 is 0. The van der Waals surface area contributed by atoms with E-state index >= 15 is 0 Å². The number of nitrogens with zero attached hydrogens (tertiary/aromatic N) is 4. The molecule has 0 unspecified atom stereocenters. The number of fused-ring (bicyclic) bond motifs is 1. The molecule has 1 fully saturated rings. The number of aromatic nitrogens is 4. The number of rotatable bonds is 3. The zero-order valence-electron chi connectivity index (χ0n) is 17.5. The summed E-state index contributed by atoms with van der Waals surface area (Å²) in [6.45, 7) is 5.26. The van der Waals surface area contributed by atoms with Gasteiger partial charge in [-0.05, 0) is 37.0 Å². The van der Waals surface area contributed by atoms with Crippen molar-refractivity contribution in [2.75, 3.05) is 33.0 Å². The van der Waals surface area contributed by atoms with Gasteiger partial charge in [-0.25, -0.2) is 9.97 Å². The van der Waals surface area contributed by atoms with E-state index in [0.29, 0.717) is 34.0 Å². The molecule has 1 amide bonds. The number of nitrogen functional groups attached to an aromatic ring is 1. The first-order valence-electron chi connectivity index (χ1n) is 9.66. The number of methoxy groups -OCH3 is 2. The molecule has 0 aliphatic carbocycles. The third-order valence-electron chi connectivity index (χ3n) is 4.66. The first-order valence-corrected chi connectivity index (χ1v) is 9.66. The average Bonchev–Trinajstić information content (AvgIpc) is 3.48. The molecule has 0 atom stereocenters. The van der Waals surface area contributed by atoms with Crippen molar-refractivity contribution in [1.82, 2.24) is 25.1 Å². The number of carbonyl (C=O) groups excluding carboxylic acids is 1. The Hall–Kier alpha value is -4.06. The van der Waals surface area contributed by atoms with Crippen molar-refractivity contribution in [3.8, 4) is 23.3 Å². The van der Waals surface area contributed by atoms with Gasteiger partial charge in [-0.1, -0.05) is 12.5 Å². The second kappa shape index (κ2) is 10.1. The highest BCUT2D eigenvalue weighted by atomic mass is 16.5. The van der Waals surface area contributed by atoms with Gasteiger partial charge >= 0.3 is 0 Å². The van der Waals surface area contributed by atoms with Crippen LogP contribution in [0.4, 0.5) is 5.82 Å². The highest BCUT2D eigenvalue weighted by molar-refractivity contribution is 5.90. The van der Waals surface area contributed by atoms with Gasteiger partial charge < -0.3 is 20.1 Å². The maximum Gasteiger partial charge on any atom is 0.245 e. The molecule has 2 aromatic heterocycles. The number of hydrogen-bond acceptors (Lipinski definition) is 7. The summed E-state index contributed by atoms with van der Waals surface area (Å²) in [5.41, 5.74) is 7.64. The van der Waals surface area contributed by atoms with Crippen molar-refractivity contribution < 1.29 is 14.3 Å². The molecule has 0 saturated carbocycles. The van der Waals surface area contributed by atoms with Crippen LogP contribution in [0.25, 0.3) is 11.0 Å². The van der Waals surface area contributed by atoms with E-state index in [1.54, 1.807) is 20.3 Å². The van der Waals surface area contributed by atoms with Gasteiger partial charge in [0.05, 0.1) is 19.6 Å². The van der Waals surface area contributed by atoms with Crippen molar-refractivity contribution in [2.45, 2.75) is 12.8 Å². The molecule has 3 aromatic rings. The minimum atomic E-state index is 0.0764. The monoisotopic (exact) mass is 420 g/mol. The van der Waals surface area contributed by atoms with E-state index in [2.05, 4.69) is 38.6 Å². The maximum absolute atomic E-state index is 10.8. The lowest BCUT2D eigenvalue weighted by Gasteiger charge is -2.10. The minimum Gasteiger partial charge on any atom is -0.497 e. The zero-order valence-corrected chi connectivity index (χ0v) is 17.5. The Kier molecular flexibility index (Phi) is 7.06. The van der Waals surface area contributed by atoms with E-state index < -0.39 is 0 Å². The van der Waals surface area contributed by atoms with Crippen LogP contribution in [0.5, 0.6) is 11.5 Å². The molecule has 0 spiro atoms. The van der Waals surface area contributed by atoms with Crippen molar-refractivity contribution in [3.05, 3.63) is 48.4 Å². The zero-order chi connectivity index (χ0) is 22.2. The lowest BCUT2D eigenvalue weighted by Crippen LogP contribution is -2.25. The van der Waals surface area contributed by atoms with E-state index in [4.69, 9.17) is 15.2 Å². The lowest BCUT2D eigenvalue weighted by atomic mass is 10.2. The highest BCUT2D eigenvalue weighted by Crippen LogP contribution is 2.22. The van der Waals surface area contributed by atoms with Crippen LogP contribution in [0.15, 0.2) is 37.2 Å². The van der Waals surface area contributed by atoms with Gasteiger partial charge in [-0.3, -0.25) is 9.89 Å². The number of likely N-dealkylation sites (tertiary alicyclic amines) is 1. The standard InChI is InChI=1S/C15H13N5O2.C7H11NO/c1-21-10-5-9(6-11(7-10)22-2)3-4-12-13-14(16)17-8-18-15(13)20-19-12;1-2-7(9)8-5-3-4-6-8/h5-8H,1-2H3,(H3,16,17,18,19,20);2H,1,3-6H2. The number of aromatic amines is 1. The summed E-state index contributed by atoms with van der Waals surface area (Å²) in [7, 11) is 3.18. The minimum absolute atomic E-state index is 0.0764. The van der Waals surface area contributed by atoms with Crippen LogP contribution in [-0.4, -0.2) is 58.3 Å². The number of hydrogen-bond donors (Lipinski definition) is 2. The van der Waals surface area contributed by atoms with Crippen molar-refractivity contribution in [2.24, 2.45) is 0 Å². The van der Waals surface area contributed by atoms with Gasteiger partial charge in [0.1, 0.15) is 29.3 Å². The Labute approximate surface area is 180 Å². The first kappa shape index (κ1) is 21.6. The van der Waals surface area contributed by atoms with E-state index in [1.165, 1.54) is 12.4 Å². The highest BCUT2D eigenvalue weighted by Gasteiger charge is 2.14. The molecule has 9 heteroatoms. The van der Waals surface area contributed by atoms with E-state index in [9.17, 15) is 4.79 Å². The SMILES string of the molecule is C=CC(=O)N1CCCC1.COc1cc(C#Cc2[nH]nc3ncnc(N)c23)cc(OC)c1. The fourth-order valence-corrected chi connectivity index (χ4v) is 3.05. The fraction of sp³-hybridized carbons (Fsp3) is 0.273. The third-order valence-corrected chi connectivity index (χ3v) is 4.66. The summed E-state index contributed by atoms with van der Waals surface area (Å²) in [6.07, 6.45) is 5.05. The number of H-pyrrole nitrogens is 1. The smallest absolute Gasteiger partial charge is 0.245 e. The Bertz CT molecular complexity index is 1120. The number of benzene rings is 1. The van der Waals surface area contributed by atoms with Crippen LogP contribution in [0.1, 0.15) is 24.1 Å². The molecule has 9 nitrogen and oxygen atoms in total. The summed E-state index contributed by atoms with van der Waals surface area (Å²) < 4.78 is 10.4. The van der Waals surface area contributed by atoms with Gasteiger partial charge in [0, 0.05) is 24.7 Å². The summed E-state index contributed by atoms with van der Waals surface area (Å²) in [5, 5.41) is 7.48. The number of nitrogens with one attached hydrogen (secondary N) is 1. The van der Waals surface area contributed by atoms with Gasteiger partial charge in [0.25, 0.3) is 0 Å². The summed E-state index contributed by atoms with van der Waals surface area (Å²) in [6, 6.07) is 5.41. The number of nitrogens with two attached hydrogens (primary N) is 1. The molecule has 3 heterocycles. The molecule has 3 N–H and O–H groups in total. The van der Waals surface area contributed by atoms with Crippen molar-refractivity contribution in [3.63, 3.8) is 0 Å². The second-order valence-corrected chi connectivity index (χ2v) is 6.64. The van der Waals surface area contributed by atoms with Gasteiger partial charge in [-0.15, -0.1) is 0 Å². The van der Waals surface area contributed by atoms with Crippen LogP contribution >= 0.6 is 0 Å². The Morgan fingerprint density at radius 1 is 1.16 bits per heavy atom. The van der Waals surface area contributed by atoms with Crippen LogP contribution < -0.4 is 15.2 Å². The van der Waals surface area contributed by atoms with E-state index in [1.807, 2.05) is 17.0 Å². The predicted octanol–water partition coefficient (Wildman–Crippen LogP) is 2.15. The molecule has 0 bridgehead atoms. The normalized spacial score (nSPS) is 12.4.